The van der Waals surface area contributed by atoms with Crippen molar-refractivity contribution >= 4 is 33.4 Å². The van der Waals surface area contributed by atoms with Crippen LogP contribution >= 0.6 is 0 Å². The Morgan fingerprint density at radius 2 is 1.61 bits per heavy atom. The minimum absolute atomic E-state index is 0.0174. The van der Waals surface area contributed by atoms with Gasteiger partial charge in [0.1, 0.15) is 5.82 Å². The van der Waals surface area contributed by atoms with Crippen LogP contribution in [0, 0.1) is 0 Å². The molecule has 0 bridgehead atoms. The third-order valence-electron chi connectivity index (χ3n) is 5.31. The van der Waals surface area contributed by atoms with E-state index < -0.39 is 0 Å². The number of fused-ring (bicyclic) bond motifs is 2. The van der Waals surface area contributed by atoms with Crippen LogP contribution in [-0.4, -0.2) is 45.7 Å². The van der Waals surface area contributed by atoms with Crippen molar-refractivity contribution < 1.29 is 0 Å². The number of anilines is 2. The first kappa shape index (κ1) is 16.7. The summed E-state index contributed by atoms with van der Waals surface area (Å²) >= 11 is 0. The normalized spacial score (nSPS) is 14.8. The van der Waals surface area contributed by atoms with Crippen molar-refractivity contribution in [2.45, 2.75) is 0 Å². The molecule has 0 amide bonds. The maximum atomic E-state index is 12.2. The molecule has 1 fully saturated rings. The Kier molecular flexibility index (Phi) is 3.93. The summed E-state index contributed by atoms with van der Waals surface area (Å²) in [7, 11) is 1.72. The first-order valence-corrected chi connectivity index (χ1v) is 9.36. The number of aromatic nitrogens is 4. The summed E-state index contributed by atoms with van der Waals surface area (Å²) in [5.41, 5.74) is 3.65. The van der Waals surface area contributed by atoms with Gasteiger partial charge in [0.2, 0.25) is 0 Å². The molecule has 0 spiro atoms. The highest BCUT2D eigenvalue weighted by molar-refractivity contribution is 5.81. The van der Waals surface area contributed by atoms with Gasteiger partial charge in [-0.3, -0.25) is 9.78 Å². The van der Waals surface area contributed by atoms with E-state index in [1.165, 1.54) is 4.57 Å². The molecule has 140 valence electrons. The monoisotopic (exact) mass is 372 g/mol. The van der Waals surface area contributed by atoms with E-state index in [1.54, 1.807) is 13.4 Å². The molecule has 0 unspecified atom stereocenters. The van der Waals surface area contributed by atoms with Gasteiger partial charge in [0.05, 0.1) is 34.5 Å². The Morgan fingerprint density at radius 1 is 0.857 bits per heavy atom. The summed E-state index contributed by atoms with van der Waals surface area (Å²) in [6.07, 6.45) is 3.43. The molecule has 28 heavy (non-hydrogen) atoms. The predicted octanol–water partition coefficient (Wildman–Crippen LogP) is 2.20. The van der Waals surface area contributed by atoms with Crippen LogP contribution in [0.5, 0.6) is 0 Å². The molecule has 0 N–H and O–H groups in total. The van der Waals surface area contributed by atoms with Crippen LogP contribution in [0.25, 0.3) is 21.9 Å². The molecule has 7 nitrogen and oxygen atoms in total. The third kappa shape index (κ3) is 2.85. The van der Waals surface area contributed by atoms with Gasteiger partial charge >= 0.3 is 0 Å². The number of piperazine rings is 1. The fourth-order valence-corrected chi connectivity index (χ4v) is 3.69. The number of aryl methyl sites for hydroxylation is 1. The van der Waals surface area contributed by atoms with Crippen molar-refractivity contribution in [3.8, 4) is 0 Å². The van der Waals surface area contributed by atoms with Crippen molar-refractivity contribution in [2.24, 2.45) is 7.05 Å². The van der Waals surface area contributed by atoms with E-state index in [0.717, 1.165) is 54.2 Å². The molecule has 0 saturated carbocycles. The van der Waals surface area contributed by atoms with Crippen molar-refractivity contribution in [1.82, 2.24) is 19.5 Å². The molecule has 0 aliphatic carbocycles. The van der Waals surface area contributed by atoms with Gasteiger partial charge in [-0.05, 0) is 30.3 Å². The van der Waals surface area contributed by atoms with Gasteiger partial charge < -0.3 is 14.4 Å². The first-order chi connectivity index (χ1) is 13.7. The molecule has 0 atom stereocenters. The predicted molar refractivity (Wildman–Crippen MR) is 111 cm³/mol. The van der Waals surface area contributed by atoms with E-state index in [9.17, 15) is 4.79 Å². The average Bonchev–Trinajstić information content (AvgIpc) is 2.76. The highest BCUT2D eigenvalue weighted by Gasteiger charge is 2.19. The fourth-order valence-electron chi connectivity index (χ4n) is 3.69. The molecule has 2 aromatic carbocycles. The highest BCUT2D eigenvalue weighted by atomic mass is 16.1. The van der Waals surface area contributed by atoms with E-state index in [0.29, 0.717) is 5.39 Å². The topological polar surface area (TPSA) is 67.2 Å². The summed E-state index contributed by atoms with van der Waals surface area (Å²) in [6, 6.07) is 13.8. The lowest BCUT2D eigenvalue weighted by atomic mass is 10.2. The summed E-state index contributed by atoms with van der Waals surface area (Å²) in [6.45, 7) is 3.50. The maximum Gasteiger partial charge on any atom is 0.260 e. The fraction of sp³-hybridized carbons (Fsp3) is 0.238. The smallest absolute Gasteiger partial charge is 0.260 e. The maximum absolute atomic E-state index is 12.2. The molecule has 1 aliphatic rings. The van der Waals surface area contributed by atoms with Gasteiger partial charge in [-0.25, -0.2) is 9.97 Å². The molecule has 7 heteroatoms. The summed E-state index contributed by atoms with van der Waals surface area (Å²) in [5.74, 6) is 0.919. The molecule has 1 saturated heterocycles. The van der Waals surface area contributed by atoms with Crippen molar-refractivity contribution in [2.75, 3.05) is 36.0 Å². The van der Waals surface area contributed by atoms with Crippen LogP contribution in [0.3, 0.4) is 0 Å². The third-order valence-corrected chi connectivity index (χ3v) is 5.31. The quantitative estimate of drug-likeness (QED) is 0.537. The zero-order chi connectivity index (χ0) is 19.1. The summed E-state index contributed by atoms with van der Waals surface area (Å²) in [5, 5.41) is 0.652. The molecule has 3 heterocycles. The van der Waals surface area contributed by atoms with Crippen LogP contribution in [0.4, 0.5) is 11.5 Å². The highest BCUT2D eigenvalue weighted by Crippen LogP contribution is 2.22. The Morgan fingerprint density at radius 3 is 2.43 bits per heavy atom. The lowest BCUT2D eigenvalue weighted by Crippen LogP contribution is -2.46. The lowest BCUT2D eigenvalue weighted by Gasteiger charge is -2.36. The van der Waals surface area contributed by atoms with Crippen LogP contribution in [0.1, 0.15) is 0 Å². The van der Waals surface area contributed by atoms with Gasteiger partial charge in [-0.2, -0.15) is 0 Å². The standard InChI is InChI=1S/C21H20N6O/c1-25-14-23-19-12-15(6-7-16(19)21(25)28)26-8-10-27(11-9-26)20-13-22-17-4-2-3-5-18(17)24-20/h2-7,12-14H,8-11H2,1H3. The largest absolute Gasteiger partial charge is 0.368 e. The minimum Gasteiger partial charge on any atom is -0.368 e. The van der Waals surface area contributed by atoms with E-state index in [-0.39, 0.29) is 5.56 Å². The second kappa shape index (κ2) is 6.60. The van der Waals surface area contributed by atoms with Crippen LogP contribution in [-0.2, 0) is 7.05 Å². The summed E-state index contributed by atoms with van der Waals surface area (Å²) in [4.78, 5) is 30.5. The number of benzene rings is 2. The van der Waals surface area contributed by atoms with Crippen LogP contribution in [0.15, 0.2) is 59.8 Å². The van der Waals surface area contributed by atoms with Crippen LogP contribution in [0.2, 0.25) is 0 Å². The number of rotatable bonds is 2. The second-order valence-corrected chi connectivity index (χ2v) is 7.05. The number of hydrogen-bond donors (Lipinski definition) is 0. The molecular weight excluding hydrogens is 352 g/mol. The van der Waals surface area contributed by atoms with Gasteiger partial charge in [-0.15, -0.1) is 0 Å². The van der Waals surface area contributed by atoms with E-state index in [1.807, 2.05) is 48.7 Å². The van der Waals surface area contributed by atoms with E-state index in [2.05, 4.69) is 19.8 Å². The first-order valence-electron chi connectivity index (χ1n) is 9.36. The van der Waals surface area contributed by atoms with Crippen molar-refractivity contribution in [3.63, 3.8) is 0 Å². The van der Waals surface area contributed by atoms with Gasteiger partial charge in [-0.1, -0.05) is 12.1 Å². The van der Waals surface area contributed by atoms with Gasteiger partial charge in [0.15, 0.2) is 0 Å². The molecule has 4 aromatic rings. The average molecular weight is 372 g/mol. The Balaban J connectivity index is 1.35. The molecule has 1 aliphatic heterocycles. The van der Waals surface area contributed by atoms with E-state index >= 15 is 0 Å². The molecular formula is C21H20N6O. The van der Waals surface area contributed by atoms with Crippen molar-refractivity contribution in [3.05, 3.63) is 65.3 Å². The Hall–Kier alpha value is -3.48. The number of nitrogens with zero attached hydrogens (tertiary/aromatic N) is 6. The Bertz CT molecular complexity index is 1230. The number of hydrogen-bond acceptors (Lipinski definition) is 6. The van der Waals surface area contributed by atoms with E-state index in [4.69, 9.17) is 4.98 Å². The second-order valence-electron chi connectivity index (χ2n) is 7.05. The molecule has 0 radical (unpaired) electrons. The van der Waals surface area contributed by atoms with Gasteiger partial charge in [0, 0.05) is 38.9 Å². The lowest BCUT2D eigenvalue weighted by molar-refractivity contribution is 0.647. The number of para-hydroxylation sites is 2. The Labute approximate surface area is 161 Å². The van der Waals surface area contributed by atoms with Gasteiger partial charge in [0.25, 0.3) is 5.56 Å². The SMILES string of the molecule is Cn1cnc2cc(N3CCN(c4cnc5ccccc5n4)CC3)ccc2c1=O. The van der Waals surface area contributed by atoms with Crippen LogP contribution < -0.4 is 15.4 Å². The van der Waals surface area contributed by atoms with Crippen molar-refractivity contribution in [1.29, 1.82) is 0 Å². The minimum atomic E-state index is -0.0174. The summed E-state index contributed by atoms with van der Waals surface area (Å²) < 4.78 is 1.51. The molecule has 2 aromatic heterocycles. The zero-order valence-electron chi connectivity index (χ0n) is 15.6. The zero-order valence-corrected chi connectivity index (χ0v) is 15.6. The molecule has 5 rings (SSSR count).